The number of aromatic amines is 1. The number of aromatic nitrogens is 2. The van der Waals surface area contributed by atoms with Crippen LogP contribution in [0.4, 0.5) is 15.8 Å². The summed E-state index contributed by atoms with van der Waals surface area (Å²) >= 11 is 0. The number of carbonyl (C=O) groups is 2. The number of rotatable bonds is 2. The summed E-state index contributed by atoms with van der Waals surface area (Å²) < 4.78 is 13.4. The molecule has 7 heteroatoms. The minimum absolute atomic E-state index is 0.0262. The predicted octanol–water partition coefficient (Wildman–Crippen LogP) is 2.77. The van der Waals surface area contributed by atoms with Crippen molar-refractivity contribution in [2.45, 2.75) is 12.3 Å². The van der Waals surface area contributed by atoms with Gasteiger partial charge in [-0.3, -0.25) is 14.7 Å². The minimum Gasteiger partial charge on any atom is -0.326 e. The lowest BCUT2D eigenvalue weighted by Crippen LogP contribution is -2.30. The summed E-state index contributed by atoms with van der Waals surface area (Å²) in [6, 6.07) is 9.42. The fourth-order valence-electron chi connectivity index (χ4n) is 2.92. The first-order valence-corrected chi connectivity index (χ1v) is 7.43. The van der Waals surface area contributed by atoms with Gasteiger partial charge in [-0.15, -0.1) is 0 Å². The second kappa shape index (κ2) is 5.45. The van der Waals surface area contributed by atoms with Gasteiger partial charge in [0.25, 0.3) is 0 Å². The summed E-state index contributed by atoms with van der Waals surface area (Å²) in [7, 11) is 0. The van der Waals surface area contributed by atoms with Crippen molar-refractivity contribution in [3.8, 4) is 0 Å². The van der Waals surface area contributed by atoms with Crippen LogP contribution < -0.4 is 10.6 Å². The van der Waals surface area contributed by atoms with Crippen LogP contribution in [0.25, 0.3) is 10.9 Å². The van der Waals surface area contributed by atoms with Crippen LogP contribution in [0.1, 0.15) is 17.9 Å². The fourth-order valence-corrected chi connectivity index (χ4v) is 2.92. The van der Waals surface area contributed by atoms with Crippen LogP contribution in [-0.2, 0) is 9.59 Å². The third kappa shape index (κ3) is 2.50. The van der Waals surface area contributed by atoms with Gasteiger partial charge in [0.05, 0.1) is 17.6 Å². The van der Waals surface area contributed by atoms with E-state index in [0.29, 0.717) is 16.9 Å². The van der Waals surface area contributed by atoms with Gasteiger partial charge in [-0.25, -0.2) is 4.39 Å². The molecule has 2 aromatic carbocycles. The maximum absolute atomic E-state index is 13.4. The first-order chi connectivity index (χ1) is 11.6. The molecule has 0 saturated carbocycles. The van der Waals surface area contributed by atoms with Crippen molar-refractivity contribution in [2.24, 2.45) is 0 Å². The molecule has 24 heavy (non-hydrogen) atoms. The van der Waals surface area contributed by atoms with Crippen LogP contribution in [0.2, 0.25) is 0 Å². The molecule has 6 nitrogen and oxygen atoms in total. The van der Waals surface area contributed by atoms with Gasteiger partial charge in [0.2, 0.25) is 11.8 Å². The second-order valence-corrected chi connectivity index (χ2v) is 5.70. The molecule has 1 aliphatic rings. The first kappa shape index (κ1) is 14.4. The van der Waals surface area contributed by atoms with Crippen LogP contribution in [0.3, 0.4) is 0 Å². The molecule has 4 rings (SSSR count). The number of fused-ring (bicyclic) bond motifs is 2. The summed E-state index contributed by atoms with van der Waals surface area (Å²) in [5.41, 5.74) is 2.43. The Hall–Kier alpha value is -3.22. The van der Waals surface area contributed by atoms with Gasteiger partial charge in [-0.1, -0.05) is 6.07 Å². The monoisotopic (exact) mass is 324 g/mol. The van der Waals surface area contributed by atoms with E-state index in [1.54, 1.807) is 18.3 Å². The number of benzene rings is 2. The molecule has 120 valence electrons. The lowest BCUT2D eigenvalue weighted by Gasteiger charge is -2.24. The standard InChI is InChI=1S/C17H13FN4O2/c18-10-1-3-12-13(7-16(23)21-15(12)6-10)17(24)20-11-2-4-14-9(5-11)8-19-22-14/h1-6,8,13H,7H2,(H,19,22)(H,20,24)(H,21,23)/t13-/m1/s1. The van der Waals surface area contributed by atoms with E-state index in [9.17, 15) is 14.0 Å². The summed E-state index contributed by atoms with van der Waals surface area (Å²) in [5, 5.41) is 13.1. The van der Waals surface area contributed by atoms with Crippen LogP contribution in [0.15, 0.2) is 42.6 Å². The van der Waals surface area contributed by atoms with E-state index in [2.05, 4.69) is 20.8 Å². The number of hydrogen-bond acceptors (Lipinski definition) is 3. The molecule has 1 aromatic heterocycles. The van der Waals surface area contributed by atoms with E-state index in [4.69, 9.17) is 0 Å². The number of H-pyrrole nitrogens is 1. The maximum Gasteiger partial charge on any atom is 0.232 e. The van der Waals surface area contributed by atoms with Crippen molar-refractivity contribution in [2.75, 3.05) is 10.6 Å². The highest BCUT2D eigenvalue weighted by molar-refractivity contribution is 6.05. The lowest BCUT2D eigenvalue weighted by molar-refractivity contribution is -0.123. The van der Waals surface area contributed by atoms with Gasteiger partial charge in [0.1, 0.15) is 5.82 Å². The van der Waals surface area contributed by atoms with E-state index < -0.39 is 11.7 Å². The van der Waals surface area contributed by atoms with Gasteiger partial charge in [-0.2, -0.15) is 5.10 Å². The Morgan fingerprint density at radius 2 is 2.12 bits per heavy atom. The van der Waals surface area contributed by atoms with Crippen molar-refractivity contribution in [1.29, 1.82) is 0 Å². The minimum atomic E-state index is -0.658. The van der Waals surface area contributed by atoms with Crippen molar-refractivity contribution in [1.82, 2.24) is 10.2 Å². The summed E-state index contributed by atoms with van der Waals surface area (Å²) in [4.78, 5) is 24.4. The van der Waals surface area contributed by atoms with E-state index in [1.807, 2.05) is 6.07 Å². The number of halogens is 1. The highest BCUT2D eigenvalue weighted by atomic mass is 19.1. The van der Waals surface area contributed by atoms with Gasteiger partial charge in [0, 0.05) is 23.2 Å². The zero-order chi connectivity index (χ0) is 16.7. The van der Waals surface area contributed by atoms with E-state index >= 15 is 0 Å². The maximum atomic E-state index is 13.4. The van der Waals surface area contributed by atoms with E-state index in [-0.39, 0.29) is 18.2 Å². The van der Waals surface area contributed by atoms with Crippen LogP contribution in [-0.4, -0.2) is 22.0 Å². The third-order valence-corrected chi connectivity index (χ3v) is 4.08. The van der Waals surface area contributed by atoms with Crippen LogP contribution >= 0.6 is 0 Å². The average molecular weight is 324 g/mol. The fraction of sp³-hybridized carbons (Fsp3) is 0.118. The molecule has 2 heterocycles. The SMILES string of the molecule is O=C1C[C@@H](C(=O)Nc2ccc3[nH]ncc3c2)c2ccc(F)cc2N1. The second-order valence-electron chi connectivity index (χ2n) is 5.70. The number of carbonyl (C=O) groups excluding carboxylic acids is 2. The molecule has 3 aromatic rings. The van der Waals surface area contributed by atoms with E-state index in [1.165, 1.54) is 18.2 Å². The largest absolute Gasteiger partial charge is 0.326 e. The van der Waals surface area contributed by atoms with Crippen molar-refractivity contribution < 1.29 is 14.0 Å². The van der Waals surface area contributed by atoms with Gasteiger partial charge < -0.3 is 10.6 Å². The Morgan fingerprint density at radius 3 is 3.00 bits per heavy atom. The van der Waals surface area contributed by atoms with Crippen LogP contribution in [0.5, 0.6) is 0 Å². The number of amides is 2. The Balaban J connectivity index is 1.63. The molecular formula is C17H13FN4O2. The molecule has 0 unspecified atom stereocenters. The molecule has 1 atom stereocenters. The molecule has 1 aliphatic heterocycles. The summed E-state index contributed by atoms with van der Waals surface area (Å²) in [6.07, 6.45) is 1.69. The first-order valence-electron chi connectivity index (χ1n) is 7.43. The van der Waals surface area contributed by atoms with Gasteiger partial charge in [0.15, 0.2) is 0 Å². The van der Waals surface area contributed by atoms with Crippen LogP contribution in [0, 0.1) is 5.82 Å². The third-order valence-electron chi connectivity index (χ3n) is 4.08. The molecular weight excluding hydrogens is 311 g/mol. The number of nitrogens with zero attached hydrogens (tertiary/aromatic N) is 1. The van der Waals surface area contributed by atoms with Gasteiger partial charge >= 0.3 is 0 Å². The highest BCUT2D eigenvalue weighted by Crippen LogP contribution is 2.33. The molecule has 0 aliphatic carbocycles. The predicted molar refractivity (Wildman–Crippen MR) is 87.1 cm³/mol. The van der Waals surface area contributed by atoms with Crippen molar-refractivity contribution in [3.63, 3.8) is 0 Å². The molecule has 0 fully saturated rings. The molecule has 0 spiro atoms. The number of nitrogens with one attached hydrogen (secondary N) is 3. The molecule has 0 bridgehead atoms. The Kier molecular flexibility index (Phi) is 3.26. The van der Waals surface area contributed by atoms with Crippen molar-refractivity contribution >= 4 is 34.1 Å². The zero-order valence-electron chi connectivity index (χ0n) is 12.5. The average Bonchev–Trinajstić information content (AvgIpc) is 3.01. The molecule has 3 N–H and O–H groups in total. The summed E-state index contributed by atoms with van der Waals surface area (Å²) in [6.45, 7) is 0. The Bertz CT molecular complexity index is 966. The zero-order valence-corrected chi connectivity index (χ0v) is 12.5. The van der Waals surface area contributed by atoms with Crippen molar-refractivity contribution in [3.05, 3.63) is 54.0 Å². The summed E-state index contributed by atoms with van der Waals surface area (Å²) in [5.74, 6) is -1.73. The normalized spacial score (nSPS) is 16.5. The quantitative estimate of drug-likeness (QED) is 0.677. The molecule has 2 amide bonds. The highest BCUT2D eigenvalue weighted by Gasteiger charge is 2.31. The van der Waals surface area contributed by atoms with E-state index in [0.717, 1.165) is 10.9 Å². The Labute approximate surface area is 136 Å². The topological polar surface area (TPSA) is 86.9 Å². The number of anilines is 2. The van der Waals surface area contributed by atoms with Gasteiger partial charge in [-0.05, 0) is 35.9 Å². The Morgan fingerprint density at radius 1 is 1.25 bits per heavy atom. The molecule has 0 saturated heterocycles. The smallest absolute Gasteiger partial charge is 0.232 e. The lowest BCUT2D eigenvalue weighted by atomic mass is 9.89. The number of hydrogen-bond donors (Lipinski definition) is 3. The molecule has 0 radical (unpaired) electrons.